The molecule has 0 aliphatic carbocycles. The van der Waals surface area contributed by atoms with E-state index in [2.05, 4.69) is 28.4 Å². The molecule has 1 aromatic carbocycles. The minimum atomic E-state index is -3.03. The average Bonchev–Trinajstić information content (AvgIpc) is 2.47. The Morgan fingerprint density at radius 3 is 3.10 bits per heavy atom. The van der Waals surface area contributed by atoms with E-state index in [4.69, 9.17) is 0 Å². The molecule has 2 aliphatic heterocycles. The highest BCUT2D eigenvalue weighted by Gasteiger charge is 2.31. The predicted molar refractivity (Wildman–Crippen MR) is 89.6 cm³/mol. The second kappa shape index (κ2) is 6.18. The van der Waals surface area contributed by atoms with E-state index in [1.807, 2.05) is 0 Å². The van der Waals surface area contributed by atoms with Gasteiger partial charge >= 0.3 is 0 Å². The van der Waals surface area contributed by atoms with E-state index < -0.39 is 9.84 Å². The highest BCUT2D eigenvalue weighted by Crippen LogP contribution is 2.28. The smallest absolute Gasteiger partial charge is 0.164 e. The summed E-state index contributed by atoms with van der Waals surface area (Å²) in [7, 11) is -3.03. The molecular weight excluding hydrogens is 304 g/mol. The van der Waals surface area contributed by atoms with Gasteiger partial charge in [-0.3, -0.25) is 4.90 Å². The van der Waals surface area contributed by atoms with Crippen molar-refractivity contribution in [2.45, 2.75) is 24.8 Å². The number of hydrogen-bond donors (Lipinski definition) is 1. The van der Waals surface area contributed by atoms with Crippen LogP contribution in [0.25, 0.3) is 0 Å². The molecular formula is C15H22N2O2S2. The van der Waals surface area contributed by atoms with Gasteiger partial charge < -0.3 is 5.32 Å². The molecule has 0 amide bonds. The lowest BCUT2D eigenvalue weighted by atomic mass is 9.97. The molecule has 116 valence electrons. The molecule has 1 N–H and O–H groups in total. The molecule has 2 aliphatic rings. The van der Waals surface area contributed by atoms with E-state index in [-0.39, 0.29) is 5.37 Å². The monoisotopic (exact) mass is 326 g/mol. The predicted octanol–water partition coefficient (Wildman–Crippen LogP) is 1.96. The van der Waals surface area contributed by atoms with Crippen LogP contribution in [0.5, 0.6) is 0 Å². The van der Waals surface area contributed by atoms with Crippen LogP contribution in [0.15, 0.2) is 18.2 Å². The van der Waals surface area contributed by atoms with Crippen molar-refractivity contribution < 1.29 is 8.42 Å². The number of benzene rings is 1. The van der Waals surface area contributed by atoms with Crippen molar-refractivity contribution in [2.75, 3.05) is 36.2 Å². The summed E-state index contributed by atoms with van der Waals surface area (Å²) >= 11 is 1.74. The van der Waals surface area contributed by atoms with Crippen molar-refractivity contribution >= 4 is 27.3 Å². The van der Waals surface area contributed by atoms with Gasteiger partial charge in [-0.25, -0.2) is 8.42 Å². The van der Waals surface area contributed by atoms with Crippen molar-refractivity contribution in [2.24, 2.45) is 0 Å². The number of rotatable bonds is 3. The van der Waals surface area contributed by atoms with Crippen LogP contribution in [0.4, 0.5) is 5.69 Å². The highest BCUT2D eigenvalue weighted by atomic mass is 32.2. The van der Waals surface area contributed by atoms with Crippen molar-refractivity contribution in [1.29, 1.82) is 0 Å². The summed E-state index contributed by atoms with van der Waals surface area (Å²) < 4.78 is 24.0. The Bertz CT molecular complexity index is 616. The largest absolute Gasteiger partial charge is 0.385 e. The summed E-state index contributed by atoms with van der Waals surface area (Å²) in [5.41, 5.74) is 3.87. The molecule has 2 heterocycles. The molecule has 1 atom stereocenters. The van der Waals surface area contributed by atoms with Gasteiger partial charge in [-0.1, -0.05) is 12.1 Å². The summed E-state index contributed by atoms with van der Waals surface area (Å²) in [5.74, 6) is 1.70. The van der Waals surface area contributed by atoms with Crippen molar-refractivity contribution in [1.82, 2.24) is 4.90 Å². The molecule has 1 saturated heterocycles. The maximum Gasteiger partial charge on any atom is 0.164 e. The molecule has 0 spiro atoms. The fourth-order valence-electron chi connectivity index (χ4n) is 3.14. The Morgan fingerprint density at radius 1 is 1.43 bits per heavy atom. The first-order valence-electron chi connectivity index (χ1n) is 7.41. The second-order valence-corrected chi connectivity index (χ2v) is 9.16. The van der Waals surface area contributed by atoms with E-state index >= 15 is 0 Å². The van der Waals surface area contributed by atoms with Gasteiger partial charge in [-0.15, -0.1) is 0 Å². The minimum Gasteiger partial charge on any atom is -0.385 e. The molecule has 4 nitrogen and oxygen atoms in total. The maximum absolute atomic E-state index is 12.0. The maximum atomic E-state index is 12.0. The summed E-state index contributed by atoms with van der Waals surface area (Å²) in [4.78, 5) is 2.13. The van der Waals surface area contributed by atoms with Gasteiger partial charge in [0.1, 0.15) is 5.37 Å². The Hall–Kier alpha value is -0.720. The molecule has 6 heteroatoms. The van der Waals surface area contributed by atoms with Gasteiger partial charge in [0.05, 0.1) is 0 Å². The summed E-state index contributed by atoms with van der Waals surface area (Å²) in [5, 5.41) is 3.10. The van der Waals surface area contributed by atoms with Gasteiger partial charge in [0.25, 0.3) is 0 Å². The lowest BCUT2D eigenvalue weighted by molar-refractivity contribution is 0.261. The first-order valence-corrected chi connectivity index (χ1v) is 10.5. The number of sulfone groups is 1. The summed E-state index contributed by atoms with van der Waals surface area (Å²) in [6, 6.07) is 6.34. The SMILES string of the molecule is CS(=O)(=O)C1CSCCN1Cc1cccc2c1CCCN2. The fraction of sp³-hybridized carbons (Fsp3) is 0.600. The van der Waals surface area contributed by atoms with E-state index in [9.17, 15) is 8.42 Å². The lowest BCUT2D eigenvalue weighted by Gasteiger charge is -2.35. The van der Waals surface area contributed by atoms with Gasteiger partial charge in [-0.05, 0) is 30.0 Å². The Morgan fingerprint density at radius 2 is 2.29 bits per heavy atom. The van der Waals surface area contributed by atoms with E-state index in [1.54, 1.807) is 11.8 Å². The fourth-order valence-corrected chi connectivity index (χ4v) is 6.08. The highest BCUT2D eigenvalue weighted by molar-refractivity contribution is 8.00. The number of thioether (sulfide) groups is 1. The third-order valence-electron chi connectivity index (χ3n) is 4.25. The standard InChI is InChI=1S/C15H22N2O2S2/c1-21(18,19)15-11-20-9-8-17(15)10-12-4-2-6-14-13(12)5-3-7-16-14/h2,4,6,15-16H,3,5,7-11H2,1H3. The summed E-state index contributed by atoms with van der Waals surface area (Å²) in [6.45, 7) is 2.62. The van der Waals surface area contributed by atoms with Crippen LogP contribution in [0.2, 0.25) is 0 Å². The lowest BCUT2D eigenvalue weighted by Crippen LogP contribution is -2.46. The van der Waals surface area contributed by atoms with Gasteiger partial charge in [0.15, 0.2) is 9.84 Å². The third kappa shape index (κ3) is 3.38. The molecule has 1 unspecified atom stereocenters. The van der Waals surface area contributed by atoms with Crippen LogP contribution >= 0.6 is 11.8 Å². The molecule has 0 saturated carbocycles. The van der Waals surface area contributed by atoms with Gasteiger partial charge in [0.2, 0.25) is 0 Å². The van der Waals surface area contributed by atoms with Crippen molar-refractivity contribution in [3.05, 3.63) is 29.3 Å². The zero-order chi connectivity index (χ0) is 14.9. The topological polar surface area (TPSA) is 49.4 Å². The van der Waals surface area contributed by atoms with Gasteiger partial charge in [0, 0.05) is 43.1 Å². The molecule has 21 heavy (non-hydrogen) atoms. The molecule has 1 fully saturated rings. The molecule has 3 rings (SSSR count). The van der Waals surface area contributed by atoms with Crippen LogP contribution in [0.3, 0.4) is 0 Å². The number of fused-ring (bicyclic) bond motifs is 1. The van der Waals surface area contributed by atoms with Crippen LogP contribution in [-0.4, -0.2) is 49.5 Å². The zero-order valence-electron chi connectivity index (χ0n) is 12.3. The van der Waals surface area contributed by atoms with E-state index in [0.29, 0.717) is 5.75 Å². The third-order valence-corrected chi connectivity index (χ3v) is 6.94. The summed E-state index contributed by atoms with van der Waals surface area (Å²) in [6.07, 6.45) is 3.60. The average molecular weight is 326 g/mol. The number of nitrogens with one attached hydrogen (secondary N) is 1. The van der Waals surface area contributed by atoms with Crippen LogP contribution < -0.4 is 5.32 Å². The Kier molecular flexibility index (Phi) is 4.47. The van der Waals surface area contributed by atoms with Crippen molar-refractivity contribution in [3.8, 4) is 0 Å². The first kappa shape index (κ1) is 15.2. The molecule has 0 radical (unpaired) electrons. The first-order chi connectivity index (χ1) is 10.1. The second-order valence-electron chi connectivity index (χ2n) is 5.80. The number of anilines is 1. The number of nitrogens with zero attached hydrogens (tertiary/aromatic N) is 1. The minimum absolute atomic E-state index is 0.344. The molecule has 0 bridgehead atoms. The van der Waals surface area contributed by atoms with Crippen molar-refractivity contribution in [3.63, 3.8) is 0 Å². The van der Waals surface area contributed by atoms with E-state index in [1.165, 1.54) is 23.1 Å². The van der Waals surface area contributed by atoms with Crippen LogP contribution in [0, 0.1) is 0 Å². The molecule has 1 aromatic rings. The number of hydrogen-bond acceptors (Lipinski definition) is 5. The van der Waals surface area contributed by atoms with Crippen LogP contribution in [-0.2, 0) is 22.8 Å². The normalized spacial score (nSPS) is 23.4. The van der Waals surface area contributed by atoms with E-state index in [0.717, 1.165) is 38.2 Å². The quantitative estimate of drug-likeness (QED) is 0.920. The van der Waals surface area contributed by atoms with Crippen LogP contribution in [0.1, 0.15) is 17.5 Å². The Labute approximate surface area is 131 Å². The Balaban J connectivity index is 1.85. The van der Waals surface area contributed by atoms with Gasteiger partial charge in [-0.2, -0.15) is 11.8 Å². The molecule has 0 aromatic heterocycles. The zero-order valence-corrected chi connectivity index (χ0v) is 14.0.